The molecule has 4 heteroatoms. The number of nitrogens with one attached hydrogen (secondary N) is 1. The molecule has 1 rings (SSSR count). The van der Waals surface area contributed by atoms with E-state index in [-0.39, 0.29) is 5.91 Å². The lowest BCUT2D eigenvalue weighted by molar-refractivity contribution is 0.0953. The van der Waals surface area contributed by atoms with Crippen LogP contribution in [0, 0.1) is 18.8 Å². The van der Waals surface area contributed by atoms with Crippen LogP contribution in [0.5, 0.6) is 0 Å². The van der Waals surface area contributed by atoms with E-state index in [0.29, 0.717) is 18.7 Å². The predicted molar refractivity (Wildman–Crippen MR) is 82.4 cm³/mol. The van der Waals surface area contributed by atoms with Crippen LogP contribution in [0.15, 0.2) is 18.2 Å². The van der Waals surface area contributed by atoms with Crippen LogP contribution in [0.2, 0.25) is 0 Å². The molecule has 0 unspecified atom stereocenters. The molecule has 0 heterocycles. The molecular formula is C15H20N2OS. The molecule has 102 valence electrons. The number of aryl methyl sites for hydroxylation is 1. The summed E-state index contributed by atoms with van der Waals surface area (Å²) in [5, 5.41) is 2.92. The largest absolute Gasteiger partial charge is 0.352 e. The molecule has 0 aromatic heterocycles. The van der Waals surface area contributed by atoms with Crippen LogP contribution in [0.1, 0.15) is 27.9 Å². The number of hydrogen-bond donors (Lipinski definition) is 2. The van der Waals surface area contributed by atoms with E-state index in [9.17, 15) is 4.79 Å². The van der Waals surface area contributed by atoms with Gasteiger partial charge in [-0.25, -0.2) is 0 Å². The molecular weight excluding hydrogens is 256 g/mol. The summed E-state index contributed by atoms with van der Waals surface area (Å²) in [5.41, 5.74) is 7.87. The van der Waals surface area contributed by atoms with Gasteiger partial charge in [0.2, 0.25) is 0 Å². The monoisotopic (exact) mass is 276 g/mol. The average molecular weight is 276 g/mol. The first-order valence-corrected chi connectivity index (χ1v) is 7.64. The lowest BCUT2D eigenvalue weighted by Crippen LogP contribution is -2.24. The fourth-order valence-electron chi connectivity index (χ4n) is 1.66. The van der Waals surface area contributed by atoms with E-state index in [0.717, 1.165) is 23.3 Å². The van der Waals surface area contributed by atoms with Crippen LogP contribution >= 0.6 is 11.8 Å². The lowest BCUT2D eigenvalue weighted by atomic mass is 10.1. The highest BCUT2D eigenvalue weighted by atomic mass is 32.2. The fourth-order valence-corrected chi connectivity index (χ4v) is 2.09. The van der Waals surface area contributed by atoms with Gasteiger partial charge in [0.05, 0.1) is 6.54 Å². The van der Waals surface area contributed by atoms with E-state index in [1.54, 1.807) is 17.8 Å². The highest BCUT2D eigenvalue weighted by Gasteiger charge is 2.06. The number of benzene rings is 1. The first-order chi connectivity index (χ1) is 9.17. The Hall–Kier alpha value is -1.44. The van der Waals surface area contributed by atoms with Crippen LogP contribution in [-0.4, -0.2) is 31.0 Å². The SMILES string of the molecule is CSCCCNC(=O)c1cc(C)cc(C#CCN)c1. The van der Waals surface area contributed by atoms with E-state index in [2.05, 4.69) is 23.4 Å². The molecule has 19 heavy (non-hydrogen) atoms. The zero-order valence-corrected chi connectivity index (χ0v) is 12.3. The van der Waals surface area contributed by atoms with Crippen molar-refractivity contribution in [3.05, 3.63) is 34.9 Å². The summed E-state index contributed by atoms with van der Waals surface area (Å²) in [6, 6.07) is 5.63. The van der Waals surface area contributed by atoms with Crippen molar-refractivity contribution in [2.45, 2.75) is 13.3 Å². The summed E-state index contributed by atoms with van der Waals surface area (Å²) >= 11 is 1.78. The Labute approximate surface area is 119 Å². The third kappa shape index (κ3) is 5.82. The minimum absolute atomic E-state index is 0.0411. The maximum atomic E-state index is 12.0. The second-order valence-electron chi connectivity index (χ2n) is 4.20. The van der Waals surface area contributed by atoms with E-state index >= 15 is 0 Å². The number of amides is 1. The maximum absolute atomic E-state index is 12.0. The summed E-state index contributed by atoms with van der Waals surface area (Å²) in [6.45, 7) is 2.99. The summed E-state index contributed by atoms with van der Waals surface area (Å²) in [5.74, 6) is 6.78. The Morgan fingerprint density at radius 3 is 2.89 bits per heavy atom. The quantitative estimate of drug-likeness (QED) is 0.637. The Morgan fingerprint density at radius 1 is 1.42 bits per heavy atom. The van der Waals surface area contributed by atoms with E-state index in [1.165, 1.54) is 0 Å². The molecule has 1 aromatic rings. The van der Waals surface area contributed by atoms with E-state index in [4.69, 9.17) is 5.73 Å². The zero-order valence-electron chi connectivity index (χ0n) is 11.5. The molecule has 0 bridgehead atoms. The zero-order chi connectivity index (χ0) is 14.1. The van der Waals surface area contributed by atoms with Crippen molar-refractivity contribution in [3.63, 3.8) is 0 Å². The molecule has 0 aliphatic rings. The van der Waals surface area contributed by atoms with Gasteiger partial charge in [-0.15, -0.1) is 0 Å². The predicted octanol–water partition coefficient (Wildman–Crippen LogP) is 1.79. The number of thioether (sulfide) groups is 1. The van der Waals surface area contributed by atoms with Crippen LogP contribution in [0.4, 0.5) is 0 Å². The minimum Gasteiger partial charge on any atom is -0.352 e. The summed E-state index contributed by atoms with van der Waals surface area (Å²) in [4.78, 5) is 12.0. The van der Waals surface area contributed by atoms with Crippen molar-refractivity contribution in [3.8, 4) is 11.8 Å². The first kappa shape index (κ1) is 15.6. The molecule has 3 N–H and O–H groups in total. The maximum Gasteiger partial charge on any atom is 0.251 e. The van der Waals surface area contributed by atoms with Gasteiger partial charge in [-0.2, -0.15) is 11.8 Å². The molecule has 0 atom stereocenters. The highest BCUT2D eigenvalue weighted by molar-refractivity contribution is 7.98. The van der Waals surface area contributed by atoms with Gasteiger partial charge >= 0.3 is 0 Å². The minimum atomic E-state index is -0.0411. The summed E-state index contributed by atoms with van der Waals surface area (Å²) in [7, 11) is 0. The number of hydrogen-bond acceptors (Lipinski definition) is 3. The second kappa shape index (κ2) is 8.63. The van der Waals surface area contributed by atoms with Gasteiger partial charge in [-0.3, -0.25) is 4.79 Å². The van der Waals surface area contributed by atoms with Crippen LogP contribution in [0.3, 0.4) is 0 Å². The number of rotatable bonds is 5. The van der Waals surface area contributed by atoms with Crippen LogP contribution in [0.25, 0.3) is 0 Å². The van der Waals surface area contributed by atoms with Crippen molar-refractivity contribution in [1.82, 2.24) is 5.32 Å². The molecule has 0 aliphatic carbocycles. The Morgan fingerprint density at radius 2 is 2.21 bits per heavy atom. The van der Waals surface area contributed by atoms with Crippen molar-refractivity contribution >= 4 is 17.7 Å². The highest BCUT2D eigenvalue weighted by Crippen LogP contribution is 2.09. The van der Waals surface area contributed by atoms with Crippen molar-refractivity contribution in [1.29, 1.82) is 0 Å². The molecule has 0 spiro atoms. The van der Waals surface area contributed by atoms with E-state index < -0.39 is 0 Å². The molecule has 0 fully saturated rings. The number of carbonyl (C=O) groups is 1. The van der Waals surface area contributed by atoms with Crippen molar-refractivity contribution in [2.75, 3.05) is 25.1 Å². The van der Waals surface area contributed by atoms with Gasteiger partial charge in [0.15, 0.2) is 0 Å². The topological polar surface area (TPSA) is 55.1 Å². The molecule has 0 saturated heterocycles. The van der Waals surface area contributed by atoms with Crippen LogP contribution in [-0.2, 0) is 0 Å². The van der Waals surface area contributed by atoms with Crippen LogP contribution < -0.4 is 11.1 Å². The lowest BCUT2D eigenvalue weighted by Gasteiger charge is -2.06. The standard InChI is InChI=1S/C15H20N2OS/c1-12-9-13(5-3-6-16)11-14(10-12)15(18)17-7-4-8-19-2/h9-11H,4,6-8,16H2,1-2H3,(H,17,18). The summed E-state index contributed by atoms with van der Waals surface area (Å²) in [6.07, 6.45) is 3.04. The smallest absolute Gasteiger partial charge is 0.251 e. The van der Waals surface area contributed by atoms with Gasteiger partial charge < -0.3 is 11.1 Å². The van der Waals surface area contributed by atoms with Crippen molar-refractivity contribution < 1.29 is 4.79 Å². The van der Waals surface area contributed by atoms with Gasteiger partial charge in [0.25, 0.3) is 5.91 Å². The van der Waals surface area contributed by atoms with E-state index in [1.807, 2.05) is 19.1 Å². The van der Waals surface area contributed by atoms with Gasteiger partial charge in [-0.05, 0) is 49.1 Å². The second-order valence-corrected chi connectivity index (χ2v) is 5.18. The molecule has 3 nitrogen and oxygen atoms in total. The first-order valence-electron chi connectivity index (χ1n) is 6.25. The molecule has 0 saturated carbocycles. The van der Waals surface area contributed by atoms with Gasteiger partial charge in [0, 0.05) is 17.7 Å². The van der Waals surface area contributed by atoms with Crippen molar-refractivity contribution in [2.24, 2.45) is 5.73 Å². The fraction of sp³-hybridized carbons (Fsp3) is 0.400. The normalized spacial score (nSPS) is 9.63. The Balaban J connectivity index is 2.71. The molecule has 0 aliphatic heterocycles. The van der Waals surface area contributed by atoms with Gasteiger partial charge in [0.1, 0.15) is 0 Å². The Kier molecular flexibility index (Phi) is 7.09. The molecule has 1 amide bonds. The number of carbonyl (C=O) groups excluding carboxylic acids is 1. The summed E-state index contributed by atoms with van der Waals surface area (Å²) < 4.78 is 0. The molecule has 1 aromatic carbocycles. The average Bonchev–Trinajstić information content (AvgIpc) is 2.40. The van der Waals surface area contributed by atoms with Gasteiger partial charge in [-0.1, -0.05) is 11.8 Å². The number of nitrogens with two attached hydrogens (primary N) is 1. The molecule has 0 radical (unpaired) electrons. The third-order valence-electron chi connectivity index (χ3n) is 2.49. The Bertz CT molecular complexity index is 489. The third-order valence-corrected chi connectivity index (χ3v) is 3.18.